The Labute approximate surface area is 155 Å². The highest BCUT2D eigenvalue weighted by molar-refractivity contribution is 5.79. The minimum absolute atomic E-state index is 0.130. The first-order chi connectivity index (χ1) is 12.4. The van der Waals surface area contributed by atoms with Crippen molar-refractivity contribution < 1.29 is 4.79 Å². The van der Waals surface area contributed by atoms with Crippen LogP contribution in [0.2, 0.25) is 0 Å². The molecule has 2 aliphatic carbocycles. The second kappa shape index (κ2) is 6.67. The van der Waals surface area contributed by atoms with Gasteiger partial charge in [-0.25, -0.2) is 9.97 Å². The zero-order valence-corrected chi connectivity index (χ0v) is 16.3. The van der Waals surface area contributed by atoms with Crippen LogP contribution < -0.4 is 5.32 Å². The number of carbonyl (C=O) groups is 1. The average Bonchev–Trinajstić information content (AvgIpc) is 3.26. The lowest BCUT2D eigenvalue weighted by Gasteiger charge is -2.22. The van der Waals surface area contributed by atoms with Crippen LogP contribution in [0, 0.1) is 23.7 Å². The zero-order chi connectivity index (χ0) is 18.4. The number of hydrogen-bond acceptors (Lipinski definition) is 3. The van der Waals surface area contributed by atoms with Crippen molar-refractivity contribution in [2.75, 3.05) is 0 Å². The van der Waals surface area contributed by atoms with Crippen molar-refractivity contribution >= 4 is 17.1 Å². The Morgan fingerprint density at radius 2 is 1.85 bits per heavy atom. The van der Waals surface area contributed by atoms with Gasteiger partial charge in [0.05, 0.1) is 6.33 Å². The van der Waals surface area contributed by atoms with Gasteiger partial charge in [0.15, 0.2) is 5.65 Å². The number of hydrogen-bond donors (Lipinski definition) is 1. The summed E-state index contributed by atoms with van der Waals surface area (Å²) in [6.07, 6.45) is 8.65. The number of pyridine rings is 1. The second-order valence-corrected chi connectivity index (χ2v) is 8.80. The first-order valence-electron chi connectivity index (χ1n) is 10.00. The van der Waals surface area contributed by atoms with E-state index in [-0.39, 0.29) is 17.9 Å². The molecule has 2 saturated carbocycles. The fourth-order valence-corrected chi connectivity index (χ4v) is 5.33. The van der Waals surface area contributed by atoms with Crippen molar-refractivity contribution in [1.29, 1.82) is 0 Å². The van der Waals surface area contributed by atoms with E-state index in [1.54, 1.807) is 0 Å². The van der Waals surface area contributed by atoms with Crippen molar-refractivity contribution in [2.24, 2.45) is 30.7 Å². The van der Waals surface area contributed by atoms with Crippen molar-refractivity contribution in [2.45, 2.75) is 58.4 Å². The number of rotatable bonds is 4. The Bertz CT molecular complexity index is 797. The molecule has 1 unspecified atom stereocenters. The standard InChI is InChI=1S/C21H30N4O/c1-12(2)24-21(26)13(3)14-7-15-9-17(10-16(15)8-14)18-5-6-22-20-19(18)23-11-25(20)4/h5-6,11-17H,7-10H2,1-4H3,(H,24,26)/t13?,14-,15-,16+,17+. The summed E-state index contributed by atoms with van der Waals surface area (Å²) in [5.41, 5.74) is 3.42. The summed E-state index contributed by atoms with van der Waals surface area (Å²) in [6, 6.07) is 2.39. The largest absolute Gasteiger partial charge is 0.354 e. The van der Waals surface area contributed by atoms with Crippen LogP contribution in [0.25, 0.3) is 11.2 Å². The number of carbonyl (C=O) groups excluding carboxylic acids is 1. The molecular formula is C21H30N4O. The van der Waals surface area contributed by atoms with Crippen LogP contribution in [0.15, 0.2) is 18.6 Å². The Balaban J connectivity index is 1.44. The third-order valence-corrected chi connectivity index (χ3v) is 6.67. The molecule has 2 aliphatic rings. The van der Waals surface area contributed by atoms with Crippen molar-refractivity contribution in [3.8, 4) is 0 Å². The Morgan fingerprint density at radius 3 is 2.50 bits per heavy atom. The second-order valence-electron chi connectivity index (χ2n) is 8.80. The predicted molar refractivity (Wildman–Crippen MR) is 103 cm³/mol. The van der Waals surface area contributed by atoms with Gasteiger partial charge in [0.1, 0.15) is 5.52 Å². The summed E-state index contributed by atoms with van der Waals surface area (Å²) in [7, 11) is 2.00. The highest BCUT2D eigenvalue weighted by atomic mass is 16.1. The third kappa shape index (κ3) is 3.01. The number of nitrogens with zero attached hydrogens (tertiary/aromatic N) is 3. The molecule has 0 saturated heterocycles. The number of fused-ring (bicyclic) bond motifs is 2. The predicted octanol–water partition coefficient (Wildman–Crippen LogP) is 3.65. The topological polar surface area (TPSA) is 59.8 Å². The molecule has 1 N–H and O–H groups in total. The van der Waals surface area contributed by atoms with E-state index >= 15 is 0 Å². The quantitative estimate of drug-likeness (QED) is 0.912. The number of aromatic nitrogens is 3. The van der Waals surface area contributed by atoms with Gasteiger partial charge < -0.3 is 9.88 Å². The van der Waals surface area contributed by atoms with E-state index in [0.29, 0.717) is 11.8 Å². The van der Waals surface area contributed by atoms with E-state index in [1.807, 2.05) is 38.0 Å². The van der Waals surface area contributed by atoms with Crippen molar-refractivity contribution in [3.63, 3.8) is 0 Å². The van der Waals surface area contributed by atoms with Gasteiger partial charge in [-0.15, -0.1) is 0 Å². The molecule has 5 atom stereocenters. The number of aryl methyl sites for hydroxylation is 1. The summed E-state index contributed by atoms with van der Waals surface area (Å²) < 4.78 is 2.00. The maximum atomic E-state index is 12.4. The molecule has 5 nitrogen and oxygen atoms in total. The fourth-order valence-electron chi connectivity index (χ4n) is 5.33. The lowest BCUT2D eigenvalue weighted by molar-refractivity contribution is -0.126. The lowest BCUT2D eigenvalue weighted by atomic mass is 9.86. The van der Waals surface area contributed by atoms with E-state index in [1.165, 1.54) is 31.2 Å². The molecule has 26 heavy (non-hydrogen) atoms. The molecule has 0 spiro atoms. The minimum Gasteiger partial charge on any atom is -0.354 e. The van der Waals surface area contributed by atoms with Gasteiger partial charge in [-0.1, -0.05) is 6.92 Å². The molecule has 1 amide bonds. The van der Waals surface area contributed by atoms with Crippen molar-refractivity contribution in [3.05, 3.63) is 24.2 Å². The van der Waals surface area contributed by atoms with Gasteiger partial charge in [-0.3, -0.25) is 4.79 Å². The molecular weight excluding hydrogens is 324 g/mol. The molecule has 0 aromatic carbocycles. The van der Waals surface area contributed by atoms with Gasteiger partial charge in [-0.05, 0) is 74.8 Å². The van der Waals surface area contributed by atoms with E-state index in [2.05, 4.69) is 28.3 Å². The smallest absolute Gasteiger partial charge is 0.223 e. The lowest BCUT2D eigenvalue weighted by Crippen LogP contribution is -2.37. The Hall–Kier alpha value is -1.91. The van der Waals surface area contributed by atoms with E-state index in [0.717, 1.165) is 23.0 Å². The van der Waals surface area contributed by atoms with E-state index < -0.39 is 0 Å². The number of amides is 1. The Morgan fingerprint density at radius 1 is 1.15 bits per heavy atom. The molecule has 140 valence electrons. The molecule has 0 bridgehead atoms. The summed E-state index contributed by atoms with van der Waals surface area (Å²) in [5, 5.41) is 3.09. The van der Waals surface area contributed by atoms with Crippen LogP contribution in [0.1, 0.15) is 57.9 Å². The average molecular weight is 354 g/mol. The first kappa shape index (κ1) is 17.5. The molecule has 5 heteroatoms. The molecule has 2 aromatic rings. The molecule has 2 aromatic heterocycles. The zero-order valence-electron chi connectivity index (χ0n) is 16.3. The van der Waals surface area contributed by atoms with Crippen LogP contribution in [-0.4, -0.2) is 26.5 Å². The summed E-state index contributed by atoms with van der Waals surface area (Å²) in [4.78, 5) is 21.4. The molecule has 0 aliphatic heterocycles. The van der Waals surface area contributed by atoms with Gasteiger partial charge >= 0.3 is 0 Å². The van der Waals surface area contributed by atoms with Crippen LogP contribution in [0.3, 0.4) is 0 Å². The molecule has 2 fully saturated rings. The van der Waals surface area contributed by atoms with Gasteiger partial charge in [0.25, 0.3) is 0 Å². The SMILES string of the molecule is CC(C)NC(=O)C(C)[C@H]1C[C@H]2C[C@@H](c3ccnc4c3ncn4C)C[C@H]2C1. The van der Waals surface area contributed by atoms with E-state index in [4.69, 9.17) is 0 Å². The first-order valence-corrected chi connectivity index (χ1v) is 10.00. The maximum absolute atomic E-state index is 12.4. The van der Waals surface area contributed by atoms with Gasteiger partial charge in [0.2, 0.25) is 5.91 Å². The van der Waals surface area contributed by atoms with Gasteiger partial charge in [0, 0.05) is 25.2 Å². The van der Waals surface area contributed by atoms with Crippen LogP contribution in [-0.2, 0) is 11.8 Å². The van der Waals surface area contributed by atoms with Crippen LogP contribution in [0.5, 0.6) is 0 Å². The van der Waals surface area contributed by atoms with Gasteiger partial charge in [-0.2, -0.15) is 0 Å². The molecule has 2 heterocycles. The maximum Gasteiger partial charge on any atom is 0.223 e. The normalized spacial score (nSPS) is 29.3. The Kier molecular flexibility index (Phi) is 4.49. The monoisotopic (exact) mass is 354 g/mol. The molecule has 4 rings (SSSR count). The van der Waals surface area contributed by atoms with Crippen LogP contribution >= 0.6 is 0 Å². The highest BCUT2D eigenvalue weighted by Crippen LogP contribution is 2.54. The highest BCUT2D eigenvalue weighted by Gasteiger charge is 2.44. The minimum atomic E-state index is 0.130. The third-order valence-electron chi connectivity index (χ3n) is 6.67. The summed E-state index contributed by atoms with van der Waals surface area (Å²) >= 11 is 0. The number of imidazole rings is 1. The van der Waals surface area contributed by atoms with Crippen molar-refractivity contribution in [1.82, 2.24) is 19.9 Å². The summed E-state index contributed by atoms with van der Waals surface area (Å²) in [5.74, 6) is 3.00. The summed E-state index contributed by atoms with van der Waals surface area (Å²) in [6.45, 7) is 6.18. The van der Waals surface area contributed by atoms with Crippen LogP contribution in [0.4, 0.5) is 0 Å². The molecule has 0 radical (unpaired) electrons. The fraction of sp³-hybridized carbons (Fsp3) is 0.667. The van der Waals surface area contributed by atoms with E-state index in [9.17, 15) is 4.79 Å². The number of nitrogens with one attached hydrogen (secondary N) is 1.